The van der Waals surface area contributed by atoms with Crippen LogP contribution in [0.2, 0.25) is 0 Å². The lowest BCUT2D eigenvalue weighted by atomic mass is 10.0. The number of benzene rings is 1. The van der Waals surface area contributed by atoms with E-state index in [9.17, 15) is 0 Å². The average molecular weight is 183 g/mol. The molecular weight excluding hydrogens is 170 g/mol. The summed E-state index contributed by atoms with van der Waals surface area (Å²) in [7, 11) is 0. The molecule has 1 aromatic rings. The van der Waals surface area contributed by atoms with E-state index in [1.165, 1.54) is 16.7 Å². The summed E-state index contributed by atoms with van der Waals surface area (Å²) < 4.78 is 0. The Labute approximate surface area is 84.3 Å². The molecule has 0 saturated heterocycles. The molecule has 2 N–H and O–H groups in total. The van der Waals surface area contributed by atoms with Crippen molar-refractivity contribution in [2.24, 2.45) is 5.73 Å². The predicted molar refractivity (Wildman–Crippen MR) is 60.7 cm³/mol. The van der Waals surface area contributed by atoms with Crippen molar-refractivity contribution in [3.05, 3.63) is 65.8 Å². The first-order valence-electron chi connectivity index (χ1n) is 4.76. The van der Waals surface area contributed by atoms with Crippen LogP contribution < -0.4 is 5.73 Å². The van der Waals surface area contributed by atoms with Crippen molar-refractivity contribution >= 4 is 5.57 Å². The summed E-state index contributed by atoms with van der Waals surface area (Å²) in [4.78, 5) is 0. The van der Waals surface area contributed by atoms with Gasteiger partial charge in [0.25, 0.3) is 0 Å². The Kier molecular flexibility index (Phi) is 2.61. The fraction of sp³-hybridized carbons (Fsp3) is 0.0769. The van der Waals surface area contributed by atoms with E-state index >= 15 is 0 Å². The van der Waals surface area contributed by atoms with Crippen LogP contribution in [0, 0.1) is 0 Å². The molecule has 0 saturated carbocycles. The lowest BCUT2D eigenvalue weighted by Crippen LogP contribution is -1.95. The topological polar surface area (TPSA) is 26.0 Å². The van der Waals surface area contributed by atoms with Gasteiger partial charge in [0.05, 0.1) is 0 Å². The van der Waals surface area contributed by atoms with Crippen molar-refractivity contribution in [1.29, 1.82) is 0 Å². The Balaban J connectivity index is 2.34. The van der Waals surface area contributed by atoms with Crippen LogP contribution in [-0.4, -0.2) is 6.54 Å². The second-order valence-electron chi connectivity index (χ2n) is 3.20. The van der Waals surface area contributed by atoms with Crippen LogP contribution in [0.3, 0.4) is 0 Å². The summed E-state index contributed by atoms with van der Waals surface area (Å²) in [5, 5.41) is 0. The molecule has 0 aromatic heterocycles. The first-order chi connectivity index (χ1) is 6.92. The summed E-state index contributed by atoms with van der Waals surface area (Å²) in [6.07, 6.45) is 8.32. The van der Waals surface area contributed by atoms with Gasteiger partial charge in [-0.05, 0) is 16.7 Å². The molecule has 1 aromatic carbocycles. The van der Waals surface area contributed by atoms with Gasteiger partial charge in [0.15, 0.2) is 0 Å². The van der Waals surface area contributed by atoms with Crippen molar-refractivity contribution in [1.82, 2.24) is 0 Å². The van der Waals surface area contributed by atoms with Gasteiger partial charge >= 0.3 is 0 Å². The highest BCUT2D eigenvalue weighted by Gasteiger charge is 2.07. The highest BCUT2D eigenvalue weighted by atomic mass is 14.5. The Morgan fingerprint density at radius 1 is 1.14 bits per heavy atom. The first kappa shape index (κ1) is 8.97. The lowest BCUT2D eigenvalue weighted by Gasteiger charge is -2.04. The number of nitrogens with two attached hydrogens (primary N) is 1. The van der Waals surface area contributed by atoms with E-state index in [2.05, 4.69) is 42.5 Å². The molecule has 1 aliphatic rings. The molecular formula is C13H13N. The molecule has 0 radical (unpaired) electrons. The summed E-state index contributed by atoms with van der Waals surface area (Å²) in [5.41, 5.74) is 9.24. The Morgan fingerprint density at radius 3 is 2.64 bits per heavy atom. The van der Waals surface area contributed by atoms with E-state index in [-0.39, 0.29) is 0 Å². The minimum Gasteiger partial charge on any atom is -0.327 e. The Hall–Kier alpha value is -1.60. The smallest absolute Gasteiger partial charge is 0.0115 e. The predicted octanol–water partition coefficient (Wildman–Crippen LogP) is 2.52. The summed E-state index contributed by atoms with van der Waals surface area (Å²) in [6.45, 7) is 0.587. The van der Waals surface area contributed by atoms with Crippen molar-refractivity contribution in [2.75, 3.05) is 6.54 Å². The summed E-state index contributed by atoms with van der Waals surface area (Å²) >= 11 is 0. The quantitative estimate of drug-likeness (QED) is 0.749. The molecule has 1 aliphatic carbocycles. The number of hydrogen-bond acceptors (Lipinski definition) is 1. The van der Waals surface area contributed by atoms with Gasteiger partial charge in [-0.1, -0.05) is 54.6 Å². The molecule has 0 fully saturated rings. The lowest BCUT2D eigenvalue weighted by molar-refractivity contribution is 1.24. The van der Waals surface area contributed by atoms with Crippen molar-refractivity contribution in [2.45, 2.75) is 0 Å². The van der Waals surface area contributed by atoms with Gasteiger partial charge in [-0.25, -0.2) is 0 Å². The third-order valence-corrected chi connectivity index (χ3v) is 2.27. The Bertz CT molecular complexity index is 397. The van der Waals surface area contributed by atoms with Gasteiger partial charge in [-0.3, -0.25) is 0 Å². The maximum absolute atomic E-state index is 5.51. The largest absolute Gasteiger partial charge is 0.327 e. The van der Waals surface area contributed by atoms with Crippen LogP contribution in [-0.2, 0) is 0 Å². The second kappa shape index (κ2) is 4.07. The summed E-state index contributed by atoms with van der Waals surface area (Å²) in [6, 6.07) is 10.4. The zero-order chi connectivity index (χ0) is 9.80. The van der Waals surface area contributed by atoms with Crippen molar-refractivity contribution < 1.29 is 0 Å². The Morgan fingerprint density at radius 2 is 1.93 bits per heavy atom. The van der Waals surface area contributed by atoms with E-state index in [4.69, 9.17) is 5.73 Å². The van der Waals surface area contributed by atoms with Crippen molar-refractivity contribution in [3.63, 3.8) is 0 Å². The van der Waals surface area contributed by atoms with Gasteiger partial charge in [0, 0.05) is 6.54 Å². The highest BCUT2D eigenvalue weighted by Crippen LogP contribution is 2.27. The van der Waals surface area contributed by atoms with E-state index < -0.39 is 0 Å². The second-order valence-corrected chi connectivity index (χ2v) is 3.20. The fourth-order valence-corrected chi connectivity index (χ4v) is 1.62. The number of hydrogen-bond donors (Lipinski definition) is 1. The molecule has 1 heteroatoms. The molecule has 2 rings (SSSR count). The van der Waals surface area contributed by atoms with Gasteiger partial charge in [-0.2, -0.15) is 0 Å². The molecule has 1 nitrogen and oxygen atoms in total. The van der Waals surface area contributed by atoms with E-state index in [1.807, 2.05) is 12.1 Å². The van der Waals surface area contributed by atoms with Gasteiger partial charge in [0.2, 0.25) is 0 Å². The third kappa shape index (κ3) is 1.68. The van der Waals surface area contributed by atoms with Crippen LogP contribution in [0.5, 0.6) is 0 Å². The van der Waals surface area contributed by atoms with Crippen LogP contribution in [0.1, 0.15) is 5.56 Å². The monoisotopic (exact) mass is 183 g/mol. The standard InChI is InChI=1S/C13H13N/c14-10-9-12-7-4-8-13(12)11-5-2-1-3-6-11/h1-9H,10,14H2. The molecule has 0 spiro atoms. The fourth-order valence-electron chi connectivity index (χ4n) is 1.62. The van der Waals surface area contributed by atoms with Gasteiger partial charge in [-0.15, -0.1) is 0 Å². The molecule has 0 amide bonds. The first-order valence-corrected chi connectivity index (χ1v) is 4.76. The van der Waals surface area contributed by atoms with E-state index in [0.717, 1.165) is 0 Å². The summed E-state index contributed by atoms with van der Waals surface area (Å²) in [5.74, 6) is 0. The van der Waals surface area contributed by atoms with E-state index in [1.54, 1.807) is 0 Å². The maximum atomic E-state index is 5.51. The molecule has 14 heavy (non-hydrogen) atoms. The van der Waals surface area contributed by atoms with Crippen LogP contribution in [0.4, 0.5) is 0 Å². The van der Waals surface area contributed by atoms with Crippen LogP contribution in [0.15, 0.2) is 60.2 Å². The minimum atomic E-state index is 0.587. The highest BCUT2D eigenvalue weighted by molar-refractivity contribution is 5.85. The zero-order valence-electron chi connectivity index (χ0n) is 7.98. The third-order valence-electron chi connectivity index (χ3n) is 2.27. The maximum Gasteiger partial charge on any atom is 0.0115 e. The van der Waals surface area contributed by atoms with Gasteiger partial charge in [0.1, 0.15) is 0 Å². The van der Waals surface area contributed by atoms with Crippen molar-refractivity contribution in [3.8, 4) is 0 Å². The van der Waals surface area contributed by atoms with Crippen LogP contribution in [0.25, 0.3) is 5.57 Å². The number of allylic oxidation sites excluding steroid dienone is 5. The molecule has 0 aliphatic heterocycles. The normalized spacial score (nSPS) is 17.5. The molecule has 0 atom stereocenters. The molecule has 0 heterocycles. The molecule has 0 unspecified atom stereocenters. The molecule has 70 valence electrons. The van der Waals surface area contributed by atoms with Crippen LogP contribution >= 0.6 is 0 Å². The van der Waals surface area contributed by atoms with Gasteiger partial charge < -0.3 is 5.73 Å². The zero-order valence-corrected chi connectivity index (χ0v) is 7.98. The SMILES string of the molecule is NCC=C1C=CC=C1c1ccccc1. The molecule has 0 bridgehead atoms. The number of rotatable bonds is 2. The average Bonchev–Trinajstić information content (AvgIpc) is 2.68. The minimum absolute atomic E-state index is 0.587. The van der Waals surface area contributed by atoms with E-state index in [0.29, 0.717) is 6.54 Å².